The minimum absolute atomic E-state index is 0.0441. The summed E-state index contributed by atoms with van der Waals surface area (Å²) in [6, 6.07) is 3.74. The van der Waals surface area contributed by atoms with Crippen molar-refractivity contribution >= 4 is 23.5 Å². The first kappa shape index (κ1) is 19.0. The number of Topliss-reactive ketones (excluding diaryl/α,β-unsaturated/α-hetero) is 1. The largest absolute Gasteiger partial charge is 0.479 e. The number of carbonyl (C=O) groups is 3. The minimum atomic E-state index is -1.85. The standard InChI is InChI=1S/C14H16N2O8/c1-8(11(17)7-12(18)13(19)20)15(2)14(21)24-10-5-3-9(4-6-10)16(22)23/h3-6,8,12,18H,7H2,1-2H3,(H,19,20)/t8-,12?/m0/s1. The highest BCUT2D eigenvalue weighted by Gasteiger charge is 2.27. The van der Waals surface area contributed by atoms with E-state index in [9.17, 15) is 24.5 Å². The van der Waals surface area contributed by atoms with E-state index in [0.29, 0.717) is 0 Å². The molecule has 0 fully saturated rings. The number of likely N-dealkylation sites (N-methyl/N-ethyl adjacent to an activating group) is 1. The van der Waals surface area contributed by atoms with Gasteiger partial charge in [0.2, 0.25) is 0 Å². The van der Waals surface area contributed by atoms with Crippen LogP contribution in [0.25, 0.3) is 0 Å². The van der Waals surface area contributed by atoms with Crippen molar-refractivity contribution < 1.29 is 34.3 Å². The van der Waals surface area contributed by atoms with Gasteiger partial charge in [-0.15, -0.1) is 0 Å². The number of aliphatic carboxylic acids is 1. The highest BCUT2D eigenvalue weighted by Crippen LogP contribution is 2.18. The Hall–Kier alpha value is -3.01. The number of nitro groups is 1. The summed E-state index contributed by atoms with van der Waals surface area (Å²) in [5.41, 5.74) is -0.172. The van der Waals surface area contributed by atoms with Gasteiger partial charge in [0.05, 0.1) is 11.0 Å². The Bertz CT molecular complexity index is 643. The number of non-ortho nitro benzene ring substituents is 1. The first-order valence-corrected chi connectivity index (χ1v) is 6.76. The predicted octanol–water partition coefficient (Wildman–Crippen LogP) is 0.819. The van der Waals surface area contributed by atoms with Crippen LogP contribution in [0.4, 0.5) is 10.5 Å². The molecule has 0 bridgehead atoms. The number of carbonyl (C=O) groups excluding carboxylic acids is 2. The summed E-state index contributed by atoms with van der Waals surface area (Å²) in [5.74, 6) is -2.15. The fourth-order valence-corrected chi connectivity index (χ4v) is 1.63. The number of carboxylic acid groups (broad SMARTS) is 1. The number of ketones is 1. The number of rotatable bonds is 7. The lowest BCUT2D eigenvalue weighted by Crippen LogP contribution is -2.43. The molecule has 2 atom stereocenters. The topological polar surface area (TPSA) is 147 Å². The van der Waals surface area contributed by atoms with Crippen molar-refractivity contribution in [3.8, 4) is 5.75 Å². The van der Waals surface area contributed by atoms with Gasteiger partial charge in [0, 0.05) is 25.6 Å². The smallest absolute Gasteiger partial charge is 0.415 e. The van der Waals surface area contributed by atoms with E-state index in [1.807, 2.05) is 0 Å². The van der Waals surface area contributed by atoms with Gasteiger partial charge in [0.15, 0.2) is 11.9 Å². The molecular weight excluding hydrogens is 324 g/mol. The average Bonchev–Trinajstić information content (AvgIpc) is 2.53. The lowest BCUT2D eigenvalue weighted by molar-refractivity contribution is -0.384. The molecule has 1 amide bonds. The number of nitrogens with zero attached hydrogens (tertiary/aromatic N) is 2. The van der Waals surface area contributed by atoms with Crippen molar-refractivity contribution in [1.29, 1.82) is 0 Å². The predicted molar refractivity (Wildman–Crippen MR) is 79.6 cm³/mol. The van der Waals surface area contributed by atoms with Gasteiger partial charge < -0.3 is 19.8 Å². The van der Waals surface area contributed by atoms with E-state index in [1.165, 1.54) is 26.1 Å². The van der Waals surface area contributed by atoms with Gasteiger partial charge in [-0.2, -0.15) is 0 Å². The van der Waals surface area contributed by atoms with Crippen LogP contribution in [0.1, 0.15) is 13.3 Å². The molecule has 2 N–H and O–H groups in total. The molecule has 130 valence electrons. The van der Waals surface area contributed by atoms with Gasteiger partial charge >= 0.3 is 12.1 Å². The molecule has 0 saturated heterocycles. The maximum Gasteiger partial charge on any atom is 0.415 e. The van der Waals surface area contributed by atoms with Gasteiger partial charge in [0.1, 0.15) is 5.75 Å². The first-order valence-electron chi connectivity index (χ1n) is 6.76. The molecule has 0 saturated carbocycles. The number of carboxylic acids is 1. The van der Waals surface area contributed by atoms with Gasteiger partial charge in [-0.1, -0.05) is 0 Å². The molecule has 0 heterocycles. The van der Waals surface area contributed by atoms with Crippen molar-refractivity contribution in [2.24, 2.45) is 0 Å². The van der Waals surface area contributed by atoms with Crippen molar-refractivity contribution in [3.05, 3.63) is 34.4 Å². The van der Waals surface area contributed by atoms with Crippen LogP contribution in [0.15, 0.2) is 24.3 Å². The van der Waals surface area contributed by atoms with E-state index in [4.69, 9.17) is 14.9 Å². The Morgan fingerprint density at radius 3 is 2.29 bits per heavy atom. The number of benzene rings is 1. The van der Waals surface area contributed by atoms with Crippen LogP contribution in [-0.4, -0.2) is 57.1 Å². The van der Waals surface area contributed by atoms with Crippen LogP contribution in [0.2, 0.25) is 0 Å². The molecule has 1 rings (SSSR count). The lowest BCUT2D eigenvalue weighted by atomic mass is 10.1. The highest BCUT2D eigenvalue weighted by molar-refractivity contribution is 5.90. The number of ether oxygens (including phenoxy) is 1. The summed E-state index contributed by atoms with van der Waals surface area (Å²) in [7, 11) is 1.27. The lowest BCUT2D eigenvalue weighted by Gasteiger charge is -2.23. The van der Waals surface area contributed by atoms with E-state index in [2.05, 4.69) is 0 Å². The molecule has 0 spiro atoms. The minimum Gasteiger partial charge on any atom is -0.479 e. The monoisotopic (exact) mass is 340 g/mol. The summed E-state index contributed by atoms with van der Waals surface area (Å²) < 4.78 is 4.97. The zero-order valence-corrected chi connectivity index (χ0v) is 12.9. The van der Waals surface area contributed by atoms with Gasteiger partial charge in [-0.3, -0.25) is 14.9 Å². The van der Waals surface area contributed by atoms with Gasteiger partial charge in [-0.25, -0.2) is 9.59 Å². The molecular formula is C14H16N2O8. The molecule has 24 heavy (non-hydrogen) atoms. The Labute approximate surface area is 136 Å². The van der Waals surface area contributed by atoms with E-state index in [1.54, 1.807) is 0 Å². The highest BCUT2D eigenvalue weighted by atomic mass is 16.6. The molecule has 10 heteroatoms. The molecule has 1 aromatic rings. The van der Waals surface area contributed by atoms with E-state index < -0.39 is 41.3 Å². The van der Waals surface area contributed by atoms with Crippen molar-refractivity contribution in [2.75, 3.05) is 7.05 Å². The molecule has 0 aromatic heterocycles. The van der Waals surface area contributed by atoms with Crippen LogP contribution >= 0.6 is 0 Å². The van der Waals surface area contributed by atoms with Crippen LogP contribution < -0.4 is 4.74 Å². The summed E-state index contributed by atoms with van der Waals surface area (Å²) in [4.78, 5) is 45.1. The average molecular weight is 340 g/mol. The maximum absolute atomic E-state index is 11.9. The first-order chi connectivity index (χ1) is 11.1. The van der Waals surface area contributed by atoms with Crippen molar-refractivity contribution in [3.63, 3.8) is 0 Å². The summed E-state index contributed by atoms with van der Waals surface area (Å²) in [6.07, 6.45) is -3.40. The van der Waals surface area contributed by atoms with Gasteiger partial charge in [-0.05, 0) is 19.1 Å². The third kappa shape index (κ3) is 5.02. The zero-order valence-electron chi connectivity index (χ0n) is 12.9. The van der Waals surface area contributed by atoms with E-state index in [0.717, 1.165) is 17.0 Å². The van der Waals surface area contributed by atoms with E-state index in [-0.39, 0.29) is 11.4 Å². The normalized spacial score (nSPS) is 12.8. The summed E-state index contributed by atoms with van der Waals surface area (Å²) in [6.45, 7) is 1.36. The third-order valence-electron chi connectivity index (χ3n) is 3.27. The van der Waals surface area contributed by atoms with E-state index >= 15 is 0 Å². The Kier molecular flexibility index (Phi) is 6.36. The number of hydrogen-bond donors (Lipinski definition) is 2. The molecule has 1 unspecified atom stereocenters. The van der Waals surface area contributed by atoms with Gasteiger partial charge in [0.25, 0.3) is 5.69 Å². The molecule has 0 aliphatic heterocycles. The van der Waals surface area contributed by atoms with Crippen LogP contribution in [0.3, 0.4) is 0 Å². The summed E-state index contributed by atoms with van der Waals surface area (Å²) in [5, 5.41) is 28.3. The third-order valence-corrected chi connectivity index (χ3v) is 3.27. The molecule has 0 aliphatic rings. The Morgan fingerprint density at radius 2 is 1.83 bits per heavy atom. The quantitative estimate of drug-likeness (QED) is 0.547. The second-order valence-corrected chi connectivity index (χ2v) is 4.93. The Morgan fingerprint density at radius 1 is 1.29 bits per heavy atom. The Balaban J connectivity index is 2.67. The fourth-order valence-electron chi connectivity index (χ4n) is 1.63. The summed E-state index contributed by atoms with van der Waals surface area (Å²) >= 11 is 0. The maximum atomic E-state index is 11.9. The molecule has 0 aliphatic carbocycles. The number of hydrogen-bond acceptors (Lipinski definition) is 7. The molecule has 0 radical (unpaired) electrons. The number of aliphatic hydroxyl groups is 1. The van der Waals surface area contributed by atoms with Crippen LogP contribution in [-0.2, 0) is 9.59 Å². The fraction of sp³-hybridized carbons (Fsp3) is 0.357. The van der Waals surface area contributed by atoms with Crippen LogP contribution in [0.5, 0.6) is 5.75 Å². The number of nitro benzene ring substituents is 1. The SMILES string of the molecule is C[C@@H](C(=O)CC(O)C(=O)O)N(C)C(=O)Oc1ccc([N+](=O)[O-])cc1. The molecule has 10 nitrogen and oxygen atoms in total. The van der Waals surface area contributed by atoms with Crippen LogP contribution in [0, 0.1) is 10.1 Å². The second-order valence-electron chi connectivity index (χ2n) is 4.93. The zero-order chi connectivity index (χ0) is 18.4. The second kappa shape index (κ2) is 8.02. The van der Waals surface area contributed by atoms with Crippen molar-refractivity contribution in [1.82, 2.24) is 4.90 Å². The van der Waals surface area contributed by atoms with Crippen molar-refractivity contribution in [2.45, 2.75) is 25.5 Å². The molecule has 1 aromatic carbocycles. The number of aliphatic hydroxyl groups excluding tert-OH is 1. The number of amides is 1.